The summed E-state index contributed by atoms with van der Waals surface area (Å²) in [4.78, 5) is 22.1. The van der Waals surface area contributed by atoms with Gasteiger partial charge in [-0.15, -0.1) is 5.10 Å². The minimum Gasteiger partial charge on any atom is -0.377 e. The smallest absolute Gasteiger partial charge is 0.377 e. The molecule has 1 saturated heterocycles. The van der Waals surface area contributed by atoms with Gasteiger partial charge in [-0.3, -0.25) is 4.79 Å². The zero-order valence-corrected chi connectivity index (χ0v) is 15.7. The largest absolute Gasteiger partial charge is 0.453 e. The van der Waals surface area contributed by atoms with Crippen molar-refractivity contribution in [3.63, 3.8) is 0 Å². The molecule has 1 amide bonds. The quantitative estimate of drug-likeness (QED) is 0.811. The van der Waals surface area contributed by atoms with Crippen LogP contribution >= 0.6 is 0 Å². The van der Waals surface area contributed by atoms with Crippen LogP contribution in [0.3, 0.4) is 0 Å². The van der Waals surface area contributed by atoms with Gasteiger partial charge in [-0.1, -0.05) is 0 Å². The van der Waals surface area contributed by atoms with Crippen molar-refractivity contribution >= 4 is 11.7 Å². The maximum Gasteiger partial charge on any atom is 0.453 e. The minimum absolute atomic E-state index is 0.0169. The molecule has 1 fully saturated rings. The van der Waals surface area contributed by atoms with Crippen LogP contribution in [0, 0.1) is 13.8 Å². The maximum absolute atomic E-state index is 12.9. The molecule has 0 radical (unpaired) electrons. The van der Waals surface area contributed by atoms with E-state index < -0.39 is 12.0 Å². The Morgan fingerprint density at radius 2 is 1.96 bits per heavy atom. The van der Waals surface area contributed by atoms with Gasteiger partial charge in [0.05, 0.1) is 18.8 Å². The molecule has 2 aromatic rings. The summed E-state index contributed by atoms with van der Waals surface area (Å²) in [5.41, 5.74) is 1.39. The average Bonchev–Trinajstić information content (AvgIpc) is 2.98. The fourth-order valence-corrected chi connectivity index (χ4v) is 3.38. The van der Waals surface area contributed by atoms with E-state index in [1.54, 1.807) is 18.7 Å². The Hall–Kier alpha value is -2.23. The second-order valence-corrected chi connectivity index (χ2v) is 7.32. The van der Waals surface area contributed by atoms with Gasteiger partial charge in [-0.2, -0.15) is 18.2 Å². The lowest BCUT2D eigenvalue weighted by molar-refractivity contribution is -0.146. The first-order valence-electron chi connectivity index (χ1n) is 8.69. The predicted molar refractivity (Wildman–Crippen MR) is 90.2 cm³/mol. The molecule has 10 heteroatoms. The Bertz CT molecular complexity index is 876. The van der Waals surface area contributed by atoms with Gasteiger partial charge < -0.3 is 9.64 Å². The number of hydrogen-bond donors (Lipinski definition) is 0. The highest BCUT2D eigenvalue weighted by Crippen LogP contribution is 2.27. The molecule has 148 valence electrons. The molecule has 0 bridgehead atoms. The number of rotatable bonds is 3. The van der Waals surface area contributed by atoms with E-state index in [9.17, 15) is 18.0 Å². The second-order valence-electron chi connectivity index (χ2n) is 7.32. The van der Waals surface area contributed by atoms with Crippen molar-refractivity contribution in [3.8, 4) is 0 Å². The summed E-state index contributed by atoms with van der Waals surface area (Å²) in [6.45, 7) is 8.76. The van der Waals surface area contributed by atoms with E-state index in [1.165, 1.54) is 0 Å². The summed E-state index contributed by atoms with van der Waals surface area (Å²) in [5, 5.41) is 3.53. The van der Waals surface area contributed by atoms with Crippen LogP contribution in [0.2, 0.25) is 0 Å². The number of carbonyl (C=O) groups is 1. The van der Waals surface area contributed by atoms with E-state index in [0.29, 0.717) is 43.1 Å². The first-order valence-corrected chi connectivity index (χ1v) is 8.69. The Kier molecular flexibility index (Phi) is 4.87. The topological polar surface area (TPSA) is 72.6 Å². The molecule has 0 aliphatic carbocycles. The third kappa shape index (κ3) is 3.76. The Labute approximate surface area is 154 Å². The number of ether oxygens (including phenoxy) is 1. The summed E-state index contributed by atoms with van der Waals surface area (Å²) in [7, 11) is 0. The van der Waals surface area contributed by atoms with E-state index >= 15 is 0 Å². The maximum atomic E-state index is 12.9. The van der Waals surface area contributed by atoms with E-state index in [0.717, 1.165) is 4.52 Å². The second kappa shape index (κ2) is 6.74. The Morgan fingerprint density at radius 1 is 1.26 bits per heavy atom. The van der Waals surface area contributed by atoms with Crippen LogP contribution in [0.25, 0.3) is 5.78 Å². The summed E-state index contributed by atoms with van der Waals surface area (Å²) in [5.74, 6) is -1.33. The van der Waals surface area contributed by atoms with Gasteiger partial charge in [0.2, 0.25) is 5.91 Å². The number of amides is 1. The third-order valence-electron chi connectivity index (χ3n) is 4.84. The van der Waals surface area contributed by atoms with E-state index in [1.807, 2.05) is 13.8 Å². The molecular weight excluding hydrogens is 363 g/mol. The van der Waals surface area contributed by atoms with E-state index in [-0.39, 0.29) is 23.6 Å². The molecule has 1 aliphatic rings. The summed E-state index contributed by atoms with van der Waals surface area (Å²) in [6.07, 6.45) is -4.03. The van der Waals surface area contributed by atoms with Crippen LogP contribution in [0.1, 0.15) is 43.0 Å². The number of hydrogen-bond acceptors (Lipinski definition) is 5. The zero-order valence-electron chi connectivity index (χ0n) is 15.7. The number of aromatic nitrogens is 4. The van der Waals surface area contributed by atoms with Gasteiger partial charge in [-0.05, 0) is 39.7 Å². The third-order valence-corrected chi connectivity index (χ3v) is 4.84. The van der Waals surface area contributed by atoms with Gasteiger partial charge >= 0.3 is 6.18 Å². The fourth-order valence-electron chi connectivity index (χ4n) is 3.38. The molecule has 7 nitrogen and oxygen atoms in total. The van der Waals surface area contributed by atoms with Gasteiger partial charge in [0.15, 0.2) is 0 Å². The van der Waals surface area contributed by atoms with Crippen molar-refractivity contribution in [1.82, 2.24) is 24.5 Å². The van der Waals surface area contributed by atoms with Crippen molar-refractivity contribution in [1.29, 1.82) is 0 Å². The van der Waals surface area contributed by atoms with Gasteiger partial charge in [0, 0.05) is 24.4 Å². The van der Waals surface area contributed by atoms with Crippen molar-refractivity contribution < 1.29 is 22.7 Å². The van der Waals surface area contributed by atoms with Crippen molar-refractivity contribution in [2.45, 2.75) is 52.3 Å². The first kappa shape index (κ1) is 19.5. The Balaban J connectivity index is 1.83. The molecule has 1 aliphatic heterocycles. The summed E-state index contributed by atoms with van der Waals surface area (Å²) in [6, 6.07) is 0. The molecule has 3 heterocycles. The normalized spacial score (nSPS) is 17.5. The number of aryl methyl sites for hydroxylation is 2. The molecule has 0 atom stereocenters. The van der Waals surface area contributed by atoms with Gasteiger partial charge in [-0.25, -0.2) is 9.50 Å². The van der Waals surface area contributed by atoms with Crippen LogP contribution in [-0.2, 0) is 22.1 Å². The van der Waals surface area contributed by atoms with E-state index in [4.69, 9.17) is 4.74 Å². The van der Waals surface area contributed by atoms with Crippen LogP contribution in [0.5, 0.6) is 0 Å². The lowest BCUT2D eigenvalue weighted by Gasteiger charge is -2.42. The first-order chi connectivity index (χ1) is 12.5. The van der Waals surface area contributed by atoms with Crippen molar-refractivity contribution in [2.24, 2.45) is 0 Å². The standard InChI is InChI=1S/C17H22F3N5O2/c1-10-12(5-6-13(26)24-7-8-27-9-16(24,3)4)11(2)25-15(21-10)22-14(23-25)17(18,19)20/h5-9H2,1-4H3. The average molecular weight is 385 g/mol. The molecule has 3 rings (SSSR count). The van der Waals surface area contributed by atoms with Crippen LogP contribution < -0.4 is 0 Å². The van der Waals surface area contributed by atoms with Gasteiger partial charge in [0.25, 0.3) is 11.6 Å². The number of halogens is 3. The predicted octanol–water partition coefficient (Wildman–Crippen LogP) is 2.33. The molecule has 0 aromatic carbocycles. The number of fused-ring (bicyclic) bond motifs is 1. The minimum atomic E-state index is -4.63. The van der Waals surface area contributed by atoms with Crippen LogP contribution in [-0.4, -0.2) is 55.7 Å². The number of alkyl halides is 3. The molecule has 0 saturated carbocycles. The SMILES string of the molecule is Cc1nc2nc(C(F)(F)F)nn2c(C)c1CCC(=O)N1CCOCC1(C)C. The molecule has 2 aromatic heterocycles. The number of nitrogens with zero attached hydrogens (tertiary/aromatic N) is 5. The lowest BCUT2D eigenvalue weighted by Crippen LogP contribution is -2.55. The zero-order chi connectivity index (χ0) is 20.0. The van der Waals surface area contributed by atoms with Crippen LogP contribution in [0.4, 0.5) is 13.2 Å². The van der Waals surface area contributed by atoms with Gasteiger partial charge in [0.1, 0.15) is 0 Å². The molecule has 0 unspecified atom stereocenters. The monoisotopic (exact) mass is 385 g/mol. The van der Waals surface area contributed by atoms with Crippen LogP contribution in [0.15, 0.2) is 0 Å². The molecular formula is C17H22F3N5O2. The highest BCUT2D eigenvalue weighted by molar-refractivity contribution is 5.77. The summed E-state index contributed by atoms with van der Waals surface area (Å²) < 4.78 is 45.1. The molecule has 27 heavy (non-hydrogen) atoms. The van der Waals surface area contributed by atoms with E-state index in [2.05, 4.69) is 15.1 Å². The highest BCUT2D eigenvalue weighted by atomic mass is 19.4. The lowest BCUT2D eigenvalue weighted by atomic mass is 10.00. The van der Waals surface area contributed by atoms with Crippen molar-refractivity contribution in [2.75, 3.05) is 19.8 Å². The number of morpholine rings is 1. The fraction of sp³-hybridized carbons (Fsp3) is 0.647. The van der Waals surface area contributed by atoms with Crippen molar-refractivity contribution in [3.05, 3.63) is 22.8 Å². The Morgan fingerprint density at radius 3 is 2.59 bits per heavy atom. The summed E-state index contributed by atoms with van der Waals surface area (Å²) >= 11 is 0. The highest BCUT2D eigenvalue weighted by Gasteiger charge is 2.37. The molecule has 0 spiro atoms. The number of carbonyl (C=O) groups excluding carboxylic acids is 1. The molecule has 0 N–H and O–H groups in total.